The van der Waals surface area contributed by atoms with E-state index in [4.69, 9.17) is 21.1 Å². The number of nitrogens with zero attached hydrogens (tertiary/aromatic N) is 2. The number of hydrogen-bond acceptors (Lipinski definition) is 5. The Bertz CT molecular complexity index is 1200. The number of nitrogens with one attached hydrogen (secondary N) is 2. The van der Waals surface area contributed by atoms with Crippen LogP contribution in [0.4, 0.5) is 10.5 Å². The van der Waals surface area contributed by atoms with Crippen molar-refractivity contribution >= 4 is 29.2 Å². The lowest BCUT2D eigenvalue weighted by atomic mass is 9.93. The minimum Gasteiger partial charge on any atom is -0.341 e. The number of ether oxygens (including phenoxy) is 2. The van der Waals surface area contributed by atoms with Crippen LogP contribution < -0.4 is 10.6 Å². The van der Waals surface area contributed by atoms with Gasteiger partial charge in [0.2, 0.25) is 12.3 Å². The second kappa shape index (κ2) is 9.03. The van der Waals surface area contributed by atoms with Crippen LogP contribution in [-0.4, -0.2) is 54.0 Å². The van der Waals surface area contributed by atoms with E-state index in [2.05, 4.69) is 17.6 Å². The third-order valence-electron chi connectivity index (χ3n) is 8.07. The minimum atomic E-state index is -0.582. The molecule has 36 heavy (non-hydrogen) atoms. The first kappa shape index (κ1) is 23.7. The third-order valence-corrected chi connectivity index (χ3v) is 8.44. The maximum absolute atomic E-state index is 13.7. The molecule has 0 aromatic heterocycles. The first-order valence-corrected chi connectivity index (χ1v) is 13.0. The summed E-state index contributed by atoms with van der Waals surface area (Å²) in [5, 5.41) is 6.08. The lowest BCUT2D eigenvalue weighted by Gasteiger charge is -2.41. The van der Waals surface area contributed by atoms with Crippen LogP contribution in [0.2, 0.25) is 5.02 Å². The van der Waals surface area contributed by atoms with Crippen molar-refractivity contribution in [3.05, 3.63) is 64.2 Å². The molecular formula is C27H31ClN4O4. The van der Waals surface area contributed by atoms with Gasteiger partial charge in [0.25, 0.3) is 0 Å². The monoisotopic (exact) mass is 510 g/mol. The van der Waals surface area contributed by atoms with Gasteiger partial charge in [-0.3, -0.25) is 4.79 Å². The number of urea groups is 1. The molecule has 3 amide bonds. The summed E-state index contributed by atoms with van der Waals surface area (Å²) < 4.78 is 12.5. The Kier molecular flexibility index (Phi) is 5.95. The highest BCUT2D eigenvalue weighted by Gasteiger charge is 2.66. The summed E-state index contributed by atoms with van der Waals surface area (Å²) in [6, 6.07) is 13.5. The summed E-state index contributed by atoms with van der Waals surface area (Å²) in [5.74, 6) is 0.610. The standard InChI is InChI=1S/C27H31ClN4O4/c1-16(17-7-8-17)31(14-19-5-3-4-6-22(19)28)23(33)15-32-24-27(36-26(32)35-24)12-11-18-13-20(9-10-21(18)27)30-25(34)29-2/h3-6,9-10,13,16-17,24,26H,7-8,11-12,14-15H2,1-2H3,(H2,29,30,34)/t16-,24?,26?,27+/m0/s1. The van der Waals surface area contributed by atoms with E-state index in [0.29, 0.717) is 17.5 Å². The highest BCUT2D eigenvalue weighted by atomic mass is 35.5. The fourth-order valence-corrected chi connectivity index (χ4v) is 6.05. The van der Waals surface area contributed by atoms with Crippen LogP contribution in [-0.2, 0) is 32.8 Å². The number of halogens is 1. The van der Waals surface area contributed by atoms with Gasteiger partial charge >= 0.3 is 6.03 Å². The van der Waals surface area contributed by atoms with Gasteiger partial charge in [0.05, 0.1) is 6.54 Å². The van der Waals surface area contributed by atoms with Gasteiger partial charge in [-0.15, -0.1) is 0 Å². The molecule has 2 aromatic rings. The maximum Gasteiger partial charge on any atom is 0.318 e. The molecule has 2 aromatic carbocycles. The van der Waals surface area contributed by atoms with Crippen LogP contribution in [0.25, 0.3) is 0 Å². The quantitative estimate of drug-likeness (QED) is 0.587. The van der Waals surface area contributed by atoms with Crippen LogP contribution in [0.15, 0.2) is 42.5 Å². The summed E-state index contributed by atoms with van der Waals surface area (Å²) in [4.78, 5) is 29.4. The van der Waals surface area contributed by atoms with Crippen molar-refractivity contribution in [2.45, 2.75) is 63.4 Å². The summed E-state index contributed by atoms with van der Waals surface area (Å²) in [6.45, 7) is 2.88. The largest absolute Gasteiger partial charge is 0.341 e. The number of carbonyl (C=O) groups excluding carboxylic acids is 2. The van der Waals surface area contributed by atoms with Gasteiger partial charge < -0.3 is 25.0 Å². The number of anilines is 1. The third kappa shape index (κ3) is 3.96. The van der Waals surface area contributed by atoms with Crippen LogP contribution in [0, 0.1) is 5.92 Å². The number of rotatable bonds is 7. The first-order chi connectivity index (χ1) is 17.4. The minimum absolute atomic E-state index is 0.0663. The molecule has 1 saturated carbocycles. The molecule has 2 aliphatic carbocycles. The molecule has 2 unspecified atom stereocenters. The predicted molar refractivity (Wildman–Crippen MR) is 135 cm³/mol. The molecule has 2 bridgehead atoms. The van der Waals surface area contributed by atoms with Crippen LogP contribution in [0.5, 0.6) is 0 Å². The Hall–Kier alpha value is -2.65. The van der Waals surface area contributed by atoms with Gasteiger partial charge in [-0.1, -0.05) is 35.9 Å². The molecule has 1 spiro atoms. The zero-order chi connectivity index (χ0) is 25.0. The van der Waals surface area contributed by atoms with Crippen LogP contribution in [0.1, 0.15) is 42.9 Å². The number of hydrogen-bond donors (Lipinski definition) is 2. The van der Waals surface area contributed by atoms with Crippen molar-refractivity contribution in [3.63, 3.8) is 0 Å². The molecule has 3 saturated heterocycles. The van der Waals surface area contributed by atoms with Gasteiger partial charge in [0.15, 0.2) is 6.23 Å². The average Bonchev–Trinajstić information content (AvgIpc) is 3.48. The number of aryl methyl sites for hydroxylation is 1. The summed E-state index contributed by atoms with van der Waals surface area (Å²) >= 11 is 6.44. The molecule has 9 heteroatoms. The second-order valence-electron chi connectivity index (χ2n) is 10.2. The van der Waals surface area contributed by atoms with Gasteiger partial charge in [-0.05, 0) is 73.4 Å². The number of fused-ring (bicyclic) bond motifs is 1. The zero-order valence-corrected chi connectivity index (χ0v) is 21.3. The van der Waals surface area contributed by atoms with Gasteiger partial charge in [0.1, 0.15) is 5.60 Å². The Labute approximate surface area is 215 Å². The Morgan fingerprint density at radius 1 is 1.25 bits per heavy atom. The van der Waals surface area contributed by atoms with Crippen molar-refractivity contribution < 1.29 is 19.1 Å². The molecule has 5 aliphatic rings. The van der Waals surface area contributed by atoms with E-state index in [0.717, 1.165) is 48.1 Å². The number of carbonyl (C=O) groups is 2. The summed E-state index contributed by atoms with van der Waals surface area (Å²) in [7, 11) is 1.59. The Morgan fingerprint density at radius 2 is 2.06 bits per heavy atom. The van der Waals surface area contributed by atoms with Crippen molar-refractivity contribution in [3.8, 4) is 0 Å². The van der Waals surface area contributed by atoms with E-state index in [-0.39, 0.29) is 30.8 Å². The molecule has 4 fully saturated rings. The number of benzene rings is 2. The molecule has 2 N–H and O–H groups in total. The zero-order valence-electron chi connectivity index (χ0n) is 20.5. The smallest absolute Gasteiger partial charge is 0.318 e. The Balaban J connectivity index is 1.18. The first-order valence-electron chi connectivity index (χ1n) is 12.6. The van der Waals surface area contributed by atoms with Gasteiger partial charge in [0, 0.05) is 30.3 Å². The summed E-state index contributed by atoms with van der Waals surface area (Å²) in [6.07, 6.45) is 3.09. The second-order valence-corrected chi connectivity index (χ2v) is 10.6. The maximum atomic E-state index is 13.7. The SMILES string of the molecule is CNC(=O)Nc1ccc2c(c1)CC[C@@]21OC2OC1N2CC(=O)N(Cc1ccccc1Cl)[C@@H](C)C1CC1. The van der Waals surface area contributed by atoms with Crippen molar-refractivity contribution in [2.24, 2.45) is 5.92 Å². The highest BCUT2D eigenvalue weighted by molar-refractivity contribution is 6.31. The van der Waals surface area contributed by atoms with Crippen molar-refractivity contribution in [1.29, 1.82) is 0 Å². The molecule has 4 atom stereocenters. The van der Waals surface area contributed by atoms with Crippen molar-refractivity contribution in [2.75, 3.05) is 18.9 Å². The molecule has 3 aliphatic heterocycles. The van der Waals surface area contributed by atoms with E-state index < -0.39 is 12.0 Å². The van der Waals surface area contributed by atoms with E-state index in [1.54, 1.807) is 7.05 Å². The molecule has 0 radical (unpaired) electrons. The van der Waals surface area contributed by atoms with Gasteiger partial charge in [-0.25, -0.2) is 9.69 Å². The molecule has 190 valence electrons. The average molecular weight is 511 g/mol. The fourth-order valence-electron chi connectivity index (χ4n) is 5.85. The summed E-state index contributed by atoms with van der Waals surface area (Å²) in [5.41, 5.74) is 3.33. The molecule has 8 nitrogen and oxygen atoms in total. The predicted octanol–water partition coefficient (Wildman–Crippen LogP) is 4.03. The van der Waals surface area contributed by atoms with E-state index >= 15 is 0 Å². The highest BCUT2D eigenvalue weighted by Crippen LogP contribution is 2.56. The van der Waals surface area contributed by atoms with Crippen LogP contribution in [0.3, 0.4) is 0 Å². The number of amides is 3. The van der Waals surface area contributed by atoms with Crippen LogP contribution >= 0.6 is 11.6 Å². The topological polar surface area (TPSA) is 83.1 Å². The van der Waals surface area contributed by atoms with Crippen molar-refractivity contribution in [1.82, 2.24) is 15.1 Å². The molecule has 7 rings (SSSR count). The van der Waals surface area contributed by atoms with Gasteiger partial charge in [-0.2, -0.15) is 0 Å². The Morgan fingerprint density at radius 3 is 2.81 bits per heavy atom. The lowest BCUT2D eigenvalue weighted by Crippen LogP contribution is -2.59. The fraction of sp³-hybridized carbons (Fsp3) is 0.481. The van der Waals surface area contributed by atoms with E-state index in [9.17, 15) is 9.59 Å². The normalized spacial score (nSPS) is 26.9. The lowest BCUT2D eigenvalue weighted by molar-refractivity contribution is -0.285. The van der Waals surface area contributed by atoms with E-state index in [1.165, 1.54) is 0 Å². The molecule has 3 heterocycles. The molecular weight excluding hydrogens is 480 g/mol. The van der Waals surface area contributed by atoms with E-state index in [1.807, 2.05) is 52.3 Å².